The third kappa shape index (κ3) is 4.88. The van der Waals surface area contributed by atoms with Gasteiger partial charge >= 0.3 is 0 Å². The molecule has 1 unspecified atom stereocenters. The number of rotatable bonds is 6. The molecule has 1 aliphatic heterocycles. The van der Waals surface area contributed by atoms with Crippen molar-refractivity contribution in [3.8, 4) is 5.69 Å². The quantitative estimate of drug-likeness (QED) is 0.530. The normalized spacial score (nSPS) is 21.1. The highest BCUT2D eigenvalue weighted by Gasteiger charge is 2.33. The lowest BCUT2D eigenvalue weighted by Crippen LogP contribution is -2.41. The van der Waals surface area contributed by atoms with E-state index in [0.717, 1.165) is 34.7 Å². The SMILES string of the molecule is CNc1ccn(-c2ccnc3c2C=C(CN2CC[C@H](c4ccc(C(=O)N(C)C)cc4)[C@H](F)C2)C3C)c(=O)c1. The number of hydrogen-bond acceptors (Lipinski definition) is 5. The van der Waals surface area contributed by atoms with E-state index in [1.165, 1.54) is 5.57 Å². The van der Waals surface area contributed by atoms with Crippen molar-refractivity contribution in [2.24, 2.45) is 0 Å². The van der Waals surface area contributed by atoms with Gasteiger partial charge in [0.15, 0.2) is 0 Å². The second-order valence-electron chi connectivity index (χ2n) is 10.4. The van der Waals surface area contributed by atoms with Gasteiger partial charge in [0.05, 0.1) is 11.4 Å². The molecule has 3 heterocycles. The predicted octanol–water partition coefficient (Wildman–Crippen LogP) is 4.30. The van der Waals surface area contributed by atoms with E-state index < -0.39 is 6.17 Å². The number of hydrogen-bond donors (Lipinski definition) is 1. The number of carbonyl (C=O) groups excluding carboxylic acids is 1. The van der Waals surface area contributed by atoms with Crippen molar-refractivity contribution in [2.75, 3.05) is 46.1 Å². The summed E-state index contributed by atoms with van der Waals surface area (Å²) in [5.41, 5.74) is 6.10. The van der Waals surface area contributed by atoms with E-state index in [1.54, 1.807) is 61.2 Å². The molecule has 2 aromatic heterocycles. The molecule has 0 radical (unpaired) electrons. The van der Waals surface area contributed by atoms with E-state index in [4.69, 9.17) is 0 Å². The number of aromatic nitrogens is 2. The number of benzene rings is 1. The maximum absolute atomic E-state index is 15.4. The van der Waals surface area contributed by atoms with Crippen molar-refractivity contribution in [2.45, 2.75) is 31.4 Å². The summed E-state index contributed by atoms with van der Waals surface area (Å²) >= 11 is 0. The molecule has 1 aromatic carbocycles. The second kappa shape index (κ2) is 10.5. The van der Waals surface area contributed by atoms with Gasteiger partial charge in [0.25, 0.3) is 11.5 Å². The number of fused-ring (bicyclic) bond motifs is 1. The van der Waals surface area contributed by atoms with Crippen LogP contribution in [0, 0.1) is 0 Å². The monoisotopic (exact) mass is 515 g/mol. The smallest absolute Gasteiger partial charge is 0.257 e. The van der Waals surface area contributed by atoms with Crippen LogP contribution in [0.4, 0.5) is 10.1 Å². The Hall–Kier alpha value is -3.78. The molecule has 0 spiro atoms. The molecule has 3 atom stereocenters. The summed E-state index contributed by atoms with van der Waals surface area (Å²) in [5, 5.41) is 3.00. The lowest BCUT2D eigenvalue weighted by molar-refractivity contribution is 0.0827. The molecule has 5 rings (SSSR count). The fourth-order valence-electron chi connectivity index (χ4n) is 5.56. The average molecular weight is 516 g/mol. The fraction of sp³-hybridized carbons (Fsp3) is 0.367. The molecule has 198 valence electrons. The molecule has 3 aromatic rings. The zero-order valence-corrected chi connectivity index (χ0v) is 22.3. The number of carbonyl (C=O) groups is 1. The summed E-state index contributed by atoms with van der Waals surface area (Å²) in [6, 6.07) is 12.7. The standard InChI is InChI=1S/C30H34FN5O2/c1-19-22(15-25-27(9-12-33-29(19)25)36-14-10-23(32-2)16-28(36)37)17-35-13-11-24(26(31)18-35)20-5-7-21(8-6-20)30(38)34(3)4/h5-10,12,14-16,19,24,26,32H,11,13,17-18H2,1-4H3/t19?,24-,26-/m1/s1. The zero-order chi connectivity index (χ0) is 27.0. The molecule has 1 fully saturated rings. The number of likely N-dealkylation sites (tertiary alicyclic amines) is 1. The van der Waals surface area contributed by atoms with E-state index in [9.17, 15) is 9.59 Å². The van der Waals surface area contributed by atoms with Crippen molar-refractivity contribution in [3.05, 3.63) is 93.2 Å². The van der Waals surface area contributed by atoms with Crippen LogP contribution in [-0.2, 0) is 0 Å². The molecule has 38 heavy (non-hydrogen) atoms. The van der Waals surface area contributed by atoms with Crippen LogP contribution in [0.15, 0.2) is 65.2 Å². The summed E-state index contributed by atoms with van der Waals surface area (Å²) in [4.78, 5) is 33.3. The summed E-state index contributed by atoms with van der Waals surface area (Å²) in [7, 11) is 5.23. The first kappa shape index (κ1) is 25.9. The minimum Gasteiger partial charge on any atom is -0.388 e. The third-order valence-electron chi connectivity index (χ3n) is 7.79. The molecule has 1 amide bonds. The zero-order valence-electron chi connectivity index (χ0n) is 22.3. The second-order valence-corrected chi connectivity index (χ2v) is 10.4. The van der Waals surface area contributed by atoms with Crippen LogP contribution in [0.3, 0.4) is 0 Å². The molecule has 0 bridgehead atoms. The Kier molecular flexibility index (Phi) is 7.17. The lowest BCUT2D eigenvalue weighted by Gasteiger charge is -2.35. The fourth-order valence-corrected chi connectivity index (χ4v) is 5.56. The van der Waals surface area contributed by atoms with Crippen LogP contribution in [0.2, 0.25) is 0 Å². The molecule has 8 heteroatoms. The highest BCUT2D eigenvalue weighted by atomic mass is 19.1. The number of halogens is 1. The molecule has 1 saturated heterocycles. The van der Waals surface area contributed by atoms with E-state index >= 15 is 4.39 Å². The predicted molar refractivity (Wildman–Crippen MR) is 149 cm³/mol. The van der Waals surface area contributed by atoms with Crippen LogP contribution >= 0.6 is 0 Å². The Morgan fingerprint density at radius 2 is 1.95 bits per heavy atom. The number of pyridine rings is 2. The number of anilines is 1. The summed E-state index contributed by atoms with van der Waals surface area (Å²) in [6.07, 6.45) is 5.38. The number of piperidine rings is 1. The maximum Gasteiger partial charge on any atom is 0.257 e. The number of nitrogens with zero attached hydrogens (tertiary/aromatic N) is 4. The summed E-state index contributed by atoms with van der Waals surface area (Å²) in [5.74, 6) is -0.141. The number of amides is 1. The number of nitrogens with one attached hydrogen (secondary N) is 1. The topological polar surface area (TPSA) is 70.5 Å². The van der Waals surface area contributed by atoms with Gasteiger partial charge in [-0.25, -0.2) is 4.39 Å². The molecule has 2 aliphatic rings. The Balaban J connectivity index is 1.30. The van der Waals surface area contributed by atoms with Gasteiger partial charge in [-0.3, -0.25) is 24.0 Å². The van der Waals surface area contributed by atoms with E-state index in [0.29, 0.717) is 25.1 Å². The summed E-state index contributed by atoms with van der Waals surface area (Å²) < 4.78 is 17.1. The van der Waals surface area contributed by atoms with Crippen LogP contribution in [-0.4, -0.2) is 72.2 Å². The average Bonchev–Trinajstić information content (AvgIpc) is 3.23. The van der Waals surface area contributed by atoms with Gasteiger partial charge in [0, 0.05) is 81.3 Å². The van der Waals surface area contributed by atoms with Gasteiger partial charge in [-0.2, -0.15) is 0 Å². The van der Waals surface area contributed by atoms with E-state index in [2.05, 4.69) is 28.2 Å². The Morgan fingerprint density at radius 3 is 2.61 bits per heavy atom. The van der Waals surface area contributed by atoms with Crippen LogP contribution in [0.1, 0.15) is 52.4 Å². The number of alkyl halides is 1. The van der Waals surface area contributed by atoms with Crippen molar-refractivity contribution < 1.29 is 9.18 Å². The van der Waals surface area contributed by atoms with Crippen molar-refractivity contribution in [3.63, 3.8) is 0 Å². The highest BCUT2D eigenvalue weighted by Crippen LogP contribution is 2.39. The van der Waals surface area contributed by atoms with Gasteiger partial charge in [-0.1, -0.05) is 19.1 Å². The molecular weight excluding hydrogens is 481 g/mol. The highest BCUT2D eigenvalue weighted by molar-refractivity contribution is 5.93. The lowest BCUT2D eigenvalue weighted by atomic mass is 9.87. The maximum atomic E-state index is 15.4. The molecular formula is C30H34FN5O2. The van der Waals surface area contributed by atoms with Gasteiger partial charge in [-0.15, -0.1) is 0 Å². The summed E-state index contributed by atoms with van der Waals surface area (Å²) in [6.45, 7) is 3.93. The first-order valence-electron chi connectivity index (χ1n) is 13.0. The van der Waals surface area contributed by atoms with Crippen molar-refractivity contribution >= 4 is 17.7 Å². The minimum atomic E-state index is -0.989. The third-order valence-corrected chi connectivity index (χ3v) is 7.79. The Labute approximate surface area is 222 Å². The van der Waals surface area contributed by atoms with Gasteiger partial charge < -0.3 is 10.2 Å². The van der Waals surface area contributed by atoms with Crippen LogP contribution < -0.4 is 10.9 Å². The van der Waals surface area contributed by atoms with Gasteiger partial charge in [-0.05, 0) is 54.4 Å². The van der Waals surface area contributed by atoms with Crippen molar-refractivity contribution in [1.29, 1.82) is 0 Å². The first-order valence-corrected chi connectivity index (χ1v) is 13.0. The molecule has 1 aliphatic carbocycles. The molecule has 7 nitrogen and oxygen atoms in total. The van der Waals surface area contributed by atoms with E-state index in [-0.39, 0.29) is 23.3 Å². The largest absolute Gasteiger partial charge is 0.388 e. The van der Waals surface area contributed by atoms with Gasteiger partial charge in [0.1, 0.15) is 6.17 Å². The first-order chi connectivity index (χ1) is 18.3. The minimum absolute atomic E-state index is 0.0550. The van der Waals surface area contributed by atoms with Gasteiger partial charge in [0.2, 0.25) is 0 Å². The molecule has 1 N–H and O–H groups in total. The van der Waals surface area contributed by atoms with Crippen molar-refractivity contribution in [1.82, 2.24) is 19.4 Å². The molecule has 0 saturated carbocycles. The Morgan fingerprint density at radius 1 is 1.18 bits per heavy atom. The van der Waals surface area contributed by atoms with Crippen LogP contribution in [0.25, 0.3) is 11.8 Å². The van der Waals surface area contributed by atoms with Crippen LogP contribution in [0.5, 0.6) is 0 Å². The van der Waals surface area contributed by atoms with E-state index in [1.807, 2.05) is 24.3 Å². The Bertz CT molecular complexity index is 1430.